The number of rotatable bonds is 17. The normalized spacial score (nSPS) is 23.0. The molecule has 1 heterocycles. The highest BCUT2D eigenvalue weighted by atomic mass is 16.5. The molecular weight excluding hydrogens is 957 g/mol. The number of allylic oxidation sites excluding steroid dienone is 2. The van der Waals surface area contributed by atoms with E-state index >= 15 is 0 Å². The van der Waals surface area contributed by atoms with Gasteiger partial charge in [0.15, 0.2) is 5.96 Å². The fourth-order valence-electron chi connectivity index (χ4n) is 7.97. The highest BCUT2D eigenvalue weighted by Crippen LogP contribution is 2.22. The lowest BCUT2D eigenvalue weighted by atomic mass is 9.94. The summed E-state index contributed by atoms with van der Waals surface area (Å²) in [5, 5.41) is 30.8. The van der Waals surface area contributed by atoms with Crippen LogP contribution in [0.5, 0.6) is 0 Å². The maximum atomic E-state index is 15.0. The average Bonchev–Trinajstić information content (AvgIpc) is 3.36. The molecule has 0 saturated carbocycles. The van der Waals surface area contributed by atoms with Gasteiger partial charge in [-0.3, -0.25) is 43.5 Å². The number of nitrogens with two attached hydrogens (primary N) is 3. The summed E-state index contributed by atoms with van der Waals surface area (Å²) in [7, 11) is 2.79. The second-order valence-corrected chi connectivity index (χ2v) is 18.4. The molecule has 1 unspecified atom stereocenters. The number of nitrogens with one attached hydrogen (secondary N) is 4. The van der Waals surface area contributed by atoms with Crippen molar-refractivity contribution in [3.05, 3.63) is 108 Å². The lowest BCUT2D eigenvalue weighted by Gasteiger charge is -2.34. The Bertz CT molecular complexity index is 2430. The third-order valence-corrected chi connectivity index (χ3v) is 12.7. The molecule has 22 heteroatoms. The Labute approximate surface area is 431 Å². The van der Waals surface area contributed by atoms with Crippen LogP contribution in [-0.4, -0.2) is 142 Å². The van der Waals surface area contributed by atoms with Crippen molar-refractivity contribution >= 4 is 59.2 Å². The monoisotopic (exact) mass is 1030 g/mol. The Hall–Kier alpha value is -7.72. The maximum absolute atomic E-state index is 15.0. The van der Waals surface area contributed by atoms with Crippen molar-refractivity contribution in [2.24, 2.45) is 39.9 Å². The number of guanidine groups is 1. The summed E-state index contributed by atoms with van der Waals surface area (Å²) in [4.78, 5) is 130. The first-order valence-electron chi connectivity index (χ1n) is 24.2. The van der Waals surface area contributed by atoms with E-state index in [1.807, 2.05) is 50.3 Å². The topological polar surface area (TPSA) is 348 Å². The summed E-state index contributed by atoms with van der Waals surface area (Å²) in [5.74, 6) is -14.1. The van der Waals surface area contributed by atoms with E-state index in [-0.39, 0.29) is 43.8 Å². The van der Waals surface area contributed by atoms with E-state index in [4.69, 9.17) is 21.9 Å². The van der Waals surface area contributed by atoms with Crippen molar-refractivity contribution in [3.8, 4) is 0 Å². The molecule has 2 aromatic rings. The second-order valence-electron chi connectivity index (χ2n) is 18.4. The van der Waals surface area contributed by atoms with Crippen LogP contribution < -0.4 is 38.5 Å². The van der Waals surface area contributed by atoms with Gasteiger partial charge in [0.1, 0.15) is 35.9 Å². The highest BCUT2D eigenvalue weighted by molar-refractivity contribution is 6.04. The summed E-state index contributed by atoms with van der Waals surface area (Å²) in [6, 6.07) is 8.30. The van der Waals surface area contributed by atoms with Gasteiger partial charge in [0.2, 0.25) is 29.5 Å². The van der Waals surface area contributed by atoms with Crippen LogP contribution in [0.2, 0.25) is 0 Å². The number of hydrogen-bond donors (Lipinski definition) is 9. The van der Waals surface area contributed by atoms with Crippen LogP contribution in [0, 0.1) is 17.8 Å². The van der Waals surface area contributed by atoms with Gasteiger partial charge in [0.25, 0.3) is 11.8 Å². The molecule has 1 aliphatic heterocycles. The minimum Gasteiger partial charge on any atom is -0.480 e. The van der Waals surface area contributed by atoms with Gasteiger partial charge in [-0.25, -0.2) is 9.59 Å². The molecule has 1 aliphatic rings. The van der Waals surface area contributed by atoms with Crippen LogP contribution in [0.15, 0.2) is 102 Å². The Kier molecular flexibility index (Phi) is 23.8. The number of imide groups is 1. The van der Waals surface area contributed by atoms with E-state index in [1.54, 1.807) is 43.5 Å². The Morgan fingerprint density at radius 2 is 1.46 bits per heavy atom. The quantitative estimate of drug-likeness (QED) is 0.0350. The zero-order valence-corrected chi connectivity index (χ0v) is 43.0. The smallest absolute Gasteiger partial charge is 0.327 e. The van der Waals surface area contributed by atoms with Crippen LogP contribution in [0.4, 0.5) is 0 Å². The van der Waals surface area contributed by atoms with Crippen molar-refractivity contribution in [2.45, 2.75) is 115 Å². The summed E-state index contributed by atoms with van der Waals surface area (Å²) in [5.41, 5.74) is 19.5. The van der Waals surface area contributed by atoms with Crippen molar-refractivity contribution in [1.82, 2.24) is 31.1 Å². The number of aliphatic carboxylic acids is 2. The molecule has 0 bridgehead atoms. The van der Waals surface area contributed by atoms with Crippen LogP contribution in [0.3, 0.4) is 0 Å². The van der Waals surface area contributed by atoms with Gasteiger partial charge in [-0.05, 0) is 50.7 Å². The number of carboxylic acid groups (broad SMARTS) is 2. The number of carbonyl (C=O) groups excluding carboxylic acids is 7. The van der Waals surface area contributed by atoms with Crippen molar-refractivity contribution in [2.75, 3.05) is 20.7 Å². The predicted molar refractivity (Wildman–Crippen MR) is 275 cm³/mol. The molecular formula is C52H72N10O12. The number of carboxylic acids is 2. The molecule has 7 amide bonds. The molecule has 0 spiro atoms. The van der Waals surface area contributed by atoms with Crippen LogP contribution in [0.1, 0.15) is 71.4 Å². The van der Waals surface area contributed by atoms with E-state index in [1.165, 1.54) is 27.0 Å². The minimum absolute atomic E-state index is 0.0499. The Morgan fingerprint density at radius 1 is 0.865 bits per heavy atom. The van der Waals surface area contributed by atoms with E-state index in [2.05, 4.69) is 32.8 Å². The summed E-state index contributed by atoms with van der Waals surface area (Å²) in [6.45, 7) is 11.1. The van der Waals surface area contributed by atoms with Crippen LogP contribution in [0.25, 0.3) is 0 Å². The van der Waals surface area contributed by atoms with E-state index in [0.29, 0.717) is 16.9 Å². The molecule has 0 radical (unpaired) electrons. The van der Waals surface area contributed by atoms with Crippen LogP contribution in [-0.2, 0) is 60.7 Å². The van der Waals surface area contributed by atoms with E-state index in [9.17, 15) is 53.4 Å². The van der Waals surface area contributed by atoms with Crippen molar-refractivity contribution in [1.29, 1.82) is 0 Å². The predicted octanol–water partition coefficient (Wildman–Crippen LogP) is 0.897. The van der Waals surface area contributed by atoms with E-state index < -0.39 is 120 Å². The van der Waals surface area contributed by atoms with E-state index in [0.717, 1.165) is 23.0 Å². The SMILES string of the molecule is C=C1C(=O)N[C@H](C)C(=O)N[C@@H](Cc2ccccc2)C(=O)N[C@@H](C(=O)O)[C@H](C)C(=O)N[C@@H](CCCN=C(N)N)C(=O)N(C(=O)C(C)[C@@H](N)/C=C/C(C)=C/[C@H](C)[C@H](Cc2ccccc2)OC)[C@H](C(=O)O)CCC(=O)N1C. The third kappa shape index (κ3) is 18.1. The first-order valence-corrected chi connectivity index (χ1v) is 24.2. The zero-order chi connectivity index (χ0) is 55.4. The second kappa shape index (κ2) is 29.1. The molecule has 0 aromatic heterocycles. The first kappa shape index (κ1) is 60.6. The molecule has 12 N–H and O–H groups in total. The van der Waals surface area contributed by atoms with Gasteiger partial charge in [-0.15, -0.1) is 0 Å². The summed E-state index contributed by atoms with van der Waals surface area (Å²) >= 11 is 0. The molecule has 3 rings (SSSR count). The Morgan fingerprint density at radius 3 is 2.03 bits per heavy atom. The lowest BCUT2D eigenvalue weighted by Crippen LogP contribution is -2.60. The maximum Gasteiger partial charge on any atom is 0.327 e. The molecule has 0 aliphatic carbocycles. The zero-order valence-electron chi connectivity index (χ0n) is 43.0. The number of carbonyl (C=O) groups is 9. The van der Waals surface area contributed by atoms with Gasteiger partial charge in [0.05, 0.1) is 17.9 Å². The van der Waals surface area contributed by atoms with Crippen molar-refractivity contribution < 1.29 is 58.1 Å². The average molecular weight is 1030 g/mol. The fourth-order valence-corrected chi connectivity index (χ4v) is 7.97. The molecule has 74 heavy (non-hydrogen) atoms. The molecule has 10 atom stereocenters. The number of methoxy groups -OCH3 is 1. The fraction of sp³-hybridized carbons (Fsp3) is 0.462. The third-order valence-electron chi connectivity index (χ3n) is 12.7. The van der Waals surface area contributed by atoms with Gasteiger partial charge in [0, 0.05) is 45.5 Å². The molecule has 1 saturated heterocycles. The number of amides is 7. The number of likely N-dealkylation sites (N-methyl/N-ethyl adjacent to an activating group) is 1. The summed E-state index contributed by atoms with van der Waals surface area (Å²) in [6.07, 6.45) is 3.62. The minimum atomic E-state index is -2.09. The number of nitrogens with zero attached hydrogens (tertiary/aromatic N) is 3. The number of hydrogen-bond acceptors (Lipinski definition) is 12. The lowest BCUT2D eigenvalue weighted by molar-refractivity contribution is -0.162. The summed E-state index contributed by atoms with van der Waals surface area (Å²) < 4.78 is 5.78. The van der Waals surface area contributed by atoms with Crippen LogP contribution >= 0.6 is 0 Å². The molecule has 2 aromatic carbocycles. The highest BCUT2D eigenvalue weighted by Gasteiger charge is 2.43. The Balaban J connectivity index is 2.15. The van der Waals surface area contributed by atoms with Crippen molar-refractivity contribution in [3.63, 3.8) is 0 Å². The van der Waals surface area contributed by atoms with Gasteiger partial charge in [-0.1, -0.05) is 112 Å². The molecule has 1 fully saturated rings. The van der Waals surface area contributed by atoms with Gasteiger partial charge in [-0.2, -0.15) is 0 Å². The first-order chi connectivity index (χ1) is 34.9. The largest absolute Gasteiger partial charge is 0.480 e. The van der Waals surface area contributed by atoms with Gasteiger partial charge >= 0.3 is 11.9 Å². The standard InChI is InChI=1S/C52H72N10O12/c1-29(26-30(2)41(74-8)28-36-18-13-10-14-19-36)21-22-37(53)31(3)48(68)62-40(50(70)71)23-24-42(63)61(7)34(6)46(66)57-33(5)45(65)59-39(27-35-16-11-9-12-17-35)47(67)60-43(51(72)73)32(4)44(64)58-38(49(62)69)20-15-25-56-52(54)55/h9-14,16-19,21-22,26,30-33,37-41,43H,6,15,20,23-25,27-28,53H2,1-5,7-8H3,(H,57,66)(H,58,64)(H,59,65)(H,60,67)(H,70,71)(H,72,73)(H4,54,55,56)/b22-21+,29-26+/t30-,31?,32-,33+,37-,38-,39-,40-,41-,43+/m0/s1. The van der Waals surface area contributed by atoms with Gasteiger partial charge < -0.3 is 58.3 Å². The number of aliphatic imine (C=N–C) groups is 1. The molecule has 22 nitrogen and oxygen atoms in total. The number of ether oxygens (including phenoxy) is 1. The molecule has 402 valence electrons. The number of benzene rings is 2.